The number of rotatable bonds is 3. The smallest absolute Gasteiger partial charge is 0.187 e. The Morgan fingerprint density at radius 3 is 2.86 bits per heavy atom. The van der Waals surface area contributed by atoms with Gasteiger partial charge in [-0.05, 0) is 38.1 Å². The first-order valence-electron chi connectivity index (χ1n) is 7.71. The maximum absolute atomic E-state index is 4.73. The average molecular weight is 313 g/mol. The van der Waals surface area contributed by atoms with Gasteiger partial charge in [-0.15, -0.1) is 0 Å². The fourth-order valence-corrected chi connectivity index (χ4v) is 3.53. The van der Waals surface area contributed by atoms with Crippen LogP contribution in [0.2, 0.25) is 0 Å². The summed E-state index contributed by atoms with van der Waals surface area (Å²) >= 11 is 1.58. The van der Waals surface area contributed by atoms with Crippen LogP contribution in [0.4, 0.5) is 0 Å². The Balaban J connectivity index is 1.82. The van der Waals surface area contributed by atoms with E-state index in [1.54, 1.807) is 11.8 Å². The molecule has 0 amide bonds. The first-order valence-corrected chi connectivity index (χ1v) is 8.93. The number of nitrogens with one attached hydrogen (secondary N) is 1. The minimum atomic E-state index is 0.696. The lowest BCUT2D eigenvalue weighted by Crippen LogP contribution is -2.30. The van der Waals surface area contributed by atoms with Crippen LogP contribution in [0, 0.1) is 5.92 Å². The highest BCUT2D eigenvalue weighted by Gasteiger charge is 2.17. The summed E-state index contributed by atoms with van der Waals surface area (Å²) in [5.74, 6) is 0.696. The fraction of sp³-hybridized carbons (Fsp3) is 0.438. The Morgan fingerprint density at radius 2 is 2.05 bits per heavy atom. The highest BCUT2D eigenvalue weighted by atomic mass is 32.2. The van der Waals surface area contributed by atoms with E-state index in [9.17, 15) is 0 Å². The van der Waals surface area contributed by atoms with Crippen LogP contribution in [0.1, 0.15) is 12.8 Å². The molecule has 22 heavy (non-hydrogen) atoms. The summed E-state index contributed by atoms with van der Waals surface area (Å²) in [5, 5.41) is 11.1. The van der Waals surface area contributed by atoms with E-state index in [0.717, 1.165) is 46.6 Å². The molecule has 0 atom stereocenters. The maximum atomic E-state index is 4.73. The topological polar surface area (TPSA) is 55.6 Å². The zero-order valence-corrected chi connectivity index (χ0v) is 13.4. The molecule has 3 aromatic rings. The average Bonchev–Trinajstić information content (AvgIpc) is 2.98. The molecule has 0 unspecified atom stereocenters. The van der Waals surface area contributed by atoms with Crippen LogP contribution < -0.4 is 5.32 Å². The van der Waals surface area contributed by atoms with Crippen molar-refractivity contribution in [3.05, 3.63) is 24.5 Å². The fourth-order valence-electron chi connectivity index (χ4n) is 3.19. The molecule has 2 aromatic heterocycles. The molecule has 3 heterocycles. The summed E-state index contributed by atoms with van der Waals surface area (Å²) in [6, 6.07) is 4.20. The number of hydrogen-bond acceptors (Lipinski definition) is 5. The quantitative estimate of drug-likeness (QED) is 0.595. The Kier molecular flexibility index (Phi) is 3.72. The molecule has 1 N–H and O–H groups in total. The predicted octanol–water partition coefficient (Wildman–Crippen LogP) is 2.70. The molecule has 0 radical (unpaired) electrons. The second-order valence-corrected chi connectivity index (χ2v) is 6.59. The van der Waals surface area contributed by atoms with Crippen LogP contribution in [0.25, 0.3) is 21.8 Å². The van der Waals surface area contributed by atoms with Crippen LogP contribution in [0.5, 0.6) is 0 Å². The Labute approximate surface area is 133 Å². The molecule has 1 aliphatic heterocycles. The minimum absolute atomic E-state index is 0.696. The van der Waals surface area contributed by atoms with E-state index >= 15 is 0 Å². The molecule has 0 aliphatic carbocycles. The van der Waals surface area contributed by atoms with Crippen LogP contribution in [0.15, 0.2) is 29.7 Å². The molecule has 0 bridgehead atoms. The lowest BCUT2D eigenvalue weighted by atomic mass is 9.98. The van der Waals surface area contributed by atoms with Gasteiger partial charge in [-0.1, -0.05) is 23.9 Å². The number of thioether (sulfide) groups is 1. The molecule has 6 heteroatoms. The Hall–Kier alpha value is -1.66. The van der Waals surface area contributed by atoms with Gasteiger partial charge >= 0.3 is 0 Å². The van der Waals surface area contributed by atoms with E-state index in [1.165, 1.54) is 12.8 Å². The summed E-state index contributed by atoms with van der Waals surface area (Å²) in [5.41, 5.74) is 2.16. The molecule has 0 spiro atoms. The molecule has 114 valence electrons. The van der Waals surface area contributed by atoms with Crippen molar-refractivity contribution in [2.24, 2.45) is 5.92 Å². The van der Waals surface area contributed by atoms with Crippen LogP contribution in [-0.4, -0.2) is 39.1 Å². The highest BCUT2D eigenvalue weighted by Crippen LogP contribution is 2.26. The Bertz CT molecular complexity index is 807. The second-order valence-electron chi connectivity index (χ2n) is 5.82. The molecule has 1 aliphatic rings. The van der Waals surface area contributed by atoms with Crippen molar-refractivity contribution in [1.29, 1.82) is 0 Å². The van der Waals surface area contributed by atoms with E-state index in [-0.39, 0.29) is 0 Å². The third kappa shape index (κ3) is 2.46. The van der Waals surface area contributed by atoms with E-state index in [0.29, 0.717) is 5.92 Å². The summed E-state index contributed by atoms with van der Waals surface area (Å²) in [6.07, 6.45) is 8.31. The van der Waals surface area contributed by atoms with Crippen molar-refractivity contribution < 1.29 is 0 Å². The van der Waals surface area contributed by atoms with E-state index in [4.69, 9.17) is 4.98 Å². The number of nitrogens with zero attached hydrogens (tertiary/aromatic N) is 4. The second kappa shape index (κ2) is 5.85. The van der Waals surface area contributed by atoms with Crippen molar-refractivity contribution in [2.45, 2.75) is 24.5 Å². The molecule has 0 saturated carbocycles. The summed E-state index contributed by atoms with van der Waals surface area (Å²) in [6.45, 7) is 3.20. The third-order valence-electron chi connectivity index (χ3n) is 4.40. The van der Waals surface area contributed by atoms with Gasteiger partial charge in [0, 0.05) is 23.5 Å². The first kappa shape index (κ1) is 14.0. The molecule has 4 rings (SSSR count). The Morgan fingerprint density at radius 1 is 1.23 bits per heavy atom. The number of aromatic nitrogens is 4. The lowest BCUT2D eigenvalue weighted by Gasteiger charge is -2.22. The van der Waals surface area contributed by atoms with E-state index in [2.05, 4.69) is 32.2 Å². The molecule has 5 nitrogen and oxygen atoms in total. The van der Waals surface area contributed by atoms with Crippen LogP contribution in [0.3, 0.4) is 0 Å². The highest BCUT2D eigenvalue weighted by molar-refractivity contribution is 7.98. The van der Waals surface area contributed by atoms with Crippen molar-refractivity contribution >= 4 is 33.6 Å². The monoisotopic (exact) mass is 313 g/mol. The third-order valence-corrected chi connectivity index (χ3v) is 4.96. The van der Waals surface area contributed by atoms with Gasteiger partial charge in [0.25, 0.3) is 0 Å². The molecule has 1 saturated heterocycles. The minimum Gasteiger partial charge on any atom is -0.317 e. The van der Waals surface area contributed by atoms with Gasteiger partial charge in [-0.2, -0.15) is 5.10 Å². The predicted molar refractivity (Wildman–Crippen MR) is 90.2 cm³/mol. The van der Waals surface area contributed by atoms with Gasteiger partial charge in [-0.3, -0.25) is 4.68 Å². The number of benzene rings is 1. The lowest BCUT2D eigenvalue weighted by molar-refractivity contribution is 0.325. The van der Waals surface area contributed by atoms with E-state index < -0.39 is 0 Å². The first-order chi connectivity index (χ1) is 10.8. The van der Waals surface area contributed by atoms with Gasteiger partial charge in [0.05, 0.1) is 11.7 Å². The van der Waals surface area contributed by atoms with E-state index in [1.807, 2.05) is 18.6 Å². The maximum Gasteiger partial charge on any atom is 0.187 e. The van der Waals surface area contributed by atoms with Crippen molar-refractivity contribution in [3.63, 3.8) is 0 Å². The van der Waals surface area contributed by atoms with Crippen molar-refractivity contribution in [3.8, 4) is 0 Å². The van der Waals surface area contributed by atoms with Crippen LogP contribution >= 0.6 is 11.8 Å². The normalized spacial score (nSPS) is 16.6. The number of piperidine rings is 1. The molecular formula is C16H19N5S. The zero-order chi connectivity index (χ0) is 14.9. The zero-order valence-electron chi connectivity index (χ0n) is 12.6. The number of fused-ring (bicyclic) bond motifs is 3. The summed E-state index contributed by atoms with van der Waals surface area (Å²) < 4.78 is 2.14. The van der Waals surface area contributed by atoms with Gasteiger partial charge in [0.2, 0.25) is 0 Å². The van der Waals surface area contributed by atoms with Gasteiger partial charge in [0.15, 0.2) is 5.16 Å². The molecular weight excluding hydrogens is 294 g/mol. The molecule has 1 aromatic carbocycles. The summed E-state index contributed by atoms with van der Waals surface area (Å²) in [4.78, 5) is 9.10. The molecule has 1 fully saturated rings. The van der Waals surface area contributed by atoms with Gasteiger partial charge < -0.3 is 5.32 Å². The van der Waals surface area contributed by atoms with Crippen molar-refractivity contribution in [2.75, 3.05) is 19.3 Å². The number of hydrogen-bond donors (Lipinski definition) is 1. The standard InChI is InChI=1S/C16H19N5S/c1-22-16-18-8-12-2-3-13-9-19-21(15(13)14(12)20-16)10-11-4-6-17-7-5-11/h2-3,8-9,11,17H,4-7,10H2,1H3. The van der Waals surface area contributed by atoms with Crippen molar-refractivity contribution in [1.82, 2.24) is 25.1 Å². The van der Waals surface area contributed by atoms with Gasteiger partial charge in [-0.25, -0.2) is 9.97 Å². The van der Waals surface area contributed by atoms with Crippen LogP contribution in [-0.2, 0) is 6.54 Å². The summed E-state index contributed by atoms with van der Waals surface area (Å²) in [7, 11) is 0. The SMILES string of the molecule is CSc1ncc2ccc3cnn(CC4CCNCC4)c3c2n1. The van der Waals surface area contributed by atoms with Gasteiger partial charge in [0.1, 0.15) is 5.52 Å². The largest absolute Gasteiger partial charge is 0.317 e.